The number of benzene rings is 1. The summed E-state index contributed by atoms with van der Waals surface area (Å²) >= 11 is 0. The molecule has 0 aliphatic carbocycles. The number of fused-ring (bicyclic) bond motifs is 1. The Hall–Kier alpha value is -3.35. The zero-order valence-corrected chi connectivity index (χ0v) is 16.4. The van der Waals surface area contributed by atoms with Gasteiger partial charge in [-0.15, -0.1) is 0 Å². The molecule has 0 radical (unpaired) electrons. The quantitative estimate of drug-likeness (QED) is 0.741. The molecule has 1 aromatic carbocycles. The van der Waals surface area contributed by atoms with Crippen LogP contribution in [-0.2, 0) is 6.42 Å². The Bertz CT molecular complexity index is 983. The molecule has 4 heterocycles. The normalized spacial score (nSPS) is 16.6. The number of nitrogens with two attached hydrogens (primary N) is 1. The molecule has 2 aromatic heterocycles. The molecule has 7 heteroatoms. The standard InChI is InChI=1S/C22H25N7/c23-20-21(28-14-12-27(13-15-28)19-9-3-4-10-24-19)25-16-26-22(20)29-11-5-7-17-6-1-2-8-18(17)29/h1-4,6,8-10,16H,5,7,11-15,23H2. The number of aromatic nitrogens is 3. The summed E-state index contributed by atoms with van der Waals surface area (Å²) in [7, 11) is 0. The fourth-order valence-corrected chi connectivity index (χ4v) is 4.29. The van der Waals surface area contributed by atoms with Crippen molar-refractivity contribution in [1.29, 1.82) is 0 Å². The van der Waals surface area contributed by atoms with E-state index >= 15 is 0 Å². The van der Waals surface area contributed by atoms with Crippen molar-refractivity contribution in [2.75, 3.05) is 53.2 Å². The van der Waals surface area contributed by atoms with Gasteiger partial charge in [-0.1, -0.05) is 24.3 Å². The fourth-order valence-electron chi connectivity index (χ4n) is 4.29. The van der Waals surface area contributed by atoms with Crippen LogP contribution in [0, 0.1) is 0 Å². The maximum absolute atomic E-state index is 6.61. The van der Waals surface area contributed by atoms with Crippen molar-refractivity contribution in [3.05, 3.63) is 60.6 Å². The van der Waals surface area contributed by atoms with Crippen LogP contribution in [0.2, 0.25) is 0 Å². The molecule has 0 saturated carbocycles. The molecular weight excluding hydrogens is 362 g/mol. The van der Waals surface area contributed by atoms with E-state index in [2.05, 4.69) is 60.0 Å². The van der Waals surface area contributed by atoms with Gasteiger partial charge >= 0.3 is 0 Å². The number of aryl methyl sites for hydroxylation is 1. The summed E-state index contributed by atoms with van der Waals surface area (Å²) in [6.07, 6.45) is 5.68. The second-order valence-corrected chi connectivity index (χ2v) is 7.48. The van der Waals surface area contributed by atoms with E-state index in [4.69, 9.17) is 5.73 Å². The van der Waals surface area contributed by atoms with E-state index in [9.17, 15) is 0 Å². The fraction of sp³-hybridized carbons (Fsp3) is 0.318. The Morgan fingerprint density at radius 3 is 2.34 bits per heavy atom. The molecule has 1 fully saturated rings. The largest absolute Gasteiger partial charge is 0.393 e. The van der Waals surface area contributed by atoms with Crippen LogP contribution < -0.4 is 20.4 Å². The maximum Gasteiger partial charge on any atom is 0.161 e. The summed E-state index contributed by atoms with van der Waals surface area (Å²) in [4.78, 5) is 20.4. The third-order valence-corrected chi connectivity index (χ3v) is 5.76. The highest BCUT2D eigenvalue weighted by Crippen LogP contribution is 2.37. The van der Waals surface area contributed by atoms with Crippen molar-refractivity contribution >= 4 is 28.8 Å². The Morgan fingerprint density at radius 2 is 1.52 bits per heavy atom. The second-order valence-electron chi connectivity index (χ2n) is 7.48. The molecule has 2 N–H and O–H groups in total. The highest BCUT2D eigenvalue weighted by Gasteiger charge is 2.26. The van der Waals surface area contributed by atoms with Gasteiger partial charge in [0.25, 0.3) is 0 Å². The second kappa shape index (κ2) is 7.58. The third-order valence-electron chi connectivity index (χ3n) is 5.76. The van der Waals surface area contributed by atoms with Gasteiger partial charge in [0.1, 0.15) is 17.8 Å². The van der Waals surface area contributed by atoms with Crippen LogP contribution in [0.1, 0.15) is 12.0 Å². The highest BCUT2D eigenvalue weighted by atomic mass is 15.3. The smallest absolute Gasteiger partial charge is 0.161 e. The Labute approximate surface area is 170 Å². The molecule has 0 atom stereocenters. The maximum atomic E-state index is 6.61. The van der Waals surface area contributed by atoms with E-state index in [1.165, 1.54) is 11.3 Å². The predicted octanol–water partition coefficient (Wildman–Crippen LogP) is 2.86. The summed E-state index contributed by atoms with van der Waals surface area (Å²) in [5, 5.41) is 0. The number of nitrogen functional groups attached to an aromatic ring is 1. The van der Waals surface area contributed by atoms with Crippen molar-refractivity contribution in [1.82, 2.24) is 15.0 Å². The average molecular weight is 387 g/mol. The van der Waals surface area contributed by atoms with Crippen molar-refractivity contribution in [2.45, 2.75) is 12.8 Å². The first-order chi connectivity index (χ1) is 14.3. The van der Waals surface area contributed by atoms with Crippen LogP contribution in [0.4, 0.5) is 28.8 Å². The van der Waals surface area contributed by atoms with Crippen LogP contribution in [-0.4, -0.2) is 47.7 Å². The lowest BCUT2D eigenvalue weighted by molar-refractivity contribution is 0.641. The van der Waals surface area contributed by atoms with Gasteiger partial charge in [0.2, 0.25) is 0 Å². The van der Waals surface area contributed by atoms with Crippen LogP contribution in [0.5, 0.6) is 0 Å². The number of anilines is 5. The Balaban J connectivity index is 1.38. The molecule has 5 rings (SSSR count). The molecule has 7 nitrogen and oxygen atoms in total. The SMILES string of the molecule is Nc1c(N2CCN(c3ccccn3)CC2)ncnc1N1CCCc2ccccc21. The zero-order valence-electron chi connectivity index (χ0n) is 16.4. The number of hydrogen-bond acceptors (Lipinski definition) is 7. The van der Waals surface area contributed by atoms with Gasteiger partial charge in [0.15, 0.2) is 11.6 Å². The third kappa shape index (κ3) is 3.33. The minimum atomic E-state index is 0.662. The summed E-state index contributed by atoms with van der Waals surface area (Å²) in [5.41, 5.74) is 9.83. The first-order valence-electron chi connectivity index (χ1n) is 10.2. The van der Waals surface area contributed by atoms with Crippen molar-refractivity contribution in [3.8, 4) is 0 Å². The molecule has 3 aromatic rings. The lowest BCUT2D eigenvalue weighted by Crippen LogP contribution is -2.47. The molecule has 0 amide bonds. The number of pyridine rings is 1. The van der Waals surface area contributed by atoms with Gasteiger partial charge in [-0.25, -0.2) is 15.0 Å². The number of nitrogens with zero attached hydrogens (tertiary/aromatic N) is 6. The van der Waals surface area contributed by atoms with E-state index < -0.39 is 0 Å². The van der Waals surface area contributed by atoms with Gasteiger partial charge in [0.05, 0.1) is 0 Å². The van der Waals surface area contributed by atoms with Gasteiger partial charge in [-0.05, 0) is 36.6 Å². The highest BCUT2D eigenvalue weighted by molar-refractivity contribution is 5.81. The summed E-state index contributed by atoms with van der Waals surface area (Å²) < 4.78 is 0. The first kappa shape index (κ1) is 17.7. The Morgan fingerprint density at radius 1 is 0.759 bits per heavy atom. The topological polar surface area (TPSA) is 74.4 Å². The molecule has 2 aliphatic heterocycles. The van der Waals surface area contributed by atoms with E-state index in [1.807, 2.05) is 18.3 Å². The minimum absolute atomic E-state index is 0.662. The van der Waals surface area contributed by atoms with Crippen molar-refractivity contribution in [2.24, 2.45) is 0 Å². The van der Waals surface area contributed by atoms with E-state index in [1.54, 1.807) is 6.33 Å². The summed E-state index contributed by atoms with van der Waals surface area (Å²) in [6, 6.07) is 14.5. The molecule has 0 unspecified atom stereocenters. The average Bonchev–Trinajstić information content (AvgIpc) is 2.80. The molecule has 148 valence electrons. The van der Waals surface area contributed by atoms with Gasteiger partial charge in [-0.2, -0.15) is 0 Å². The first-order valence-corrected chi connectivity index (χ1v) is 10.2. The molecule has 0 bridgehead atoms. The molecule has 2 aliphatic rings. The molecule has 0 spiro atoms. The van der Waals surface area contributed by atoms with E-state index in [0.717, 1.165) is 63.0 Å². The van der Waals surface area contributed by atoms with Gasteiger partial charge in [-0.3, -0.25) is 0 Å². The van der Waals surface area contributed by atoms with Crippen LogP contribution in [0.3, 0.4) is 0 Å². The lowest BCUT2D eigenvalue weighted by atomic mass is 10.0. The van der Waals surface area contributed by atoms with Crippen LogP contribution in [0.25, 0.3) is 0 Å². The number of para-hydroxylation sites is 1. The molecular formula is C22H25N7. The Kier molecular flexibility index (Phi) is 4.63. The van der Waals surface area contributed by atoms with Crippen LogP contribution >= 0.6 is 0 Å². The number of rotatable bonds is 3. The van der Waals surface area contributed by atoms with E-state index in [0.29, 0.717) is 5.69 Å². The summed E-state index contributed by atoms with van der Waals surface area (Å²) in [5.74, 6) is 2.67. The zero-order chi connectivity index (χ0) is 19.6. The summed E-state index contributed by atoms with van der Waals surface area (Å²) in [6.45, 7) is 4.41. The number of hydrogen-bond donors (Lipinski definition) is 1. The van der Waals surface area contributed by atoms with Gasteiger partial charge < -0.3 is 20.4 Å². The number of piperazine rings is 1. The monoisotopic (exact) mass is 387 g/mol. The van der Waals surface area contributed by atoms with Gasteiger partial charge in [0, 0.05) is 44.6 Å². The minimum Gasteiger partial charge on any atom is -0.393 e. The van der Waals surface area contributed by atoms with Crippen LogP contribution in [0.15, 0.2) is 55.0 Å². The predicted molar refractivity (Wildman–Crippen MR) is 117 cm³/mol. The van der Waals surface area contributed by atoms with Crippen molar-refractivity contribution < 1.29 is 0 Å². The van der Waals surface area contributed by atoms with E-state index in [-0.39, 0.29) is 0 Å². The molecule has 29 heavy (non-hydrogen) atoms. The molecule has 1 saturated heterocycles. The van der Waals surface area contributed by atoms with Crippen molar-refractivity contribution in [3.63, 3.8) is 0 Å². The lowest BCUT2D eigenvalue weighted by Gasteiger charge is -2.37.